The summed E-state index contributed by atoms with van der Waals surface area (Å²) in [6.45, 7) is 7.02. The molecule has 2 atom stereocenters. The molecule has 1 aliphatic rings. The molecule has 8 heteroatoms. The van der Waals surface area contributed by atoms with Crippen LogP contribution < -0.4 is 0 Å². The highest BCUT2D eigenvalue weighted by molar-refractivity contribution is 5.69. The third kappa shape index (κ3) is 5.08. The average Bonchev–Trinajstić information content (AvgIpc) is 3.28. The van der Waals surface area contributed by atoms with E-state index in [1.165, 1.54) is 0 Å². The Balaban J connectivity index is 1.79. The molecule has 3 rings (SSSR count). The first kappa shape index (κ1) is 20.3. The number of carbonyl (C=O) groups excluding carboxylic acids is 1. The summed E-state index contributed by atoms with van der Waals surface area (Å²) in [5.74, 6) is 0.711. The zero-order valence-electron chi connectivity index (χ0n) is 16.8. The van der Waals surface area contributed by atoms with E-state index < -0.39 is 5.60 Å². The summed E-state index contributed by atoms with van der Waals surface area (Å²) in [5, 5.41) is 0. The van der Waals surface area contributed by atoms with Crippen molar-refractivity contribution in [1.29, 1.82) is 0 Å². The van der Waals surface area contributed by atoms with E-state index in [2.05, 4.69) is 15.0 Å². The number of H-pyrrole nitrogens is 1. The number of pyridine rings is 1. The first-order chi connectivity index (χ1) is 13.4. The minimum atomic E-state index is -0.569. The van der Waals surface area contributed by atoms with Gasteiger partial charge < -0.3 is 19.2 Å². The van der Waals surface area contributed by atoms with Crippen LogP contribution in [0.5, 0.6) is 0 Å². The summed E-state index contributed by atoms with van der Waals surface area (Å²) in [5.41, 5.74) is 1.23. The Morgan fingerprint density at radius 3 is 2.82 bits per heavy atom. The van der Waals surface area contributed by atoms with E-state index in [1.54, 1.807) is 30.6 Å². The van der Waals surface area contributed by atoms with Crippen molar-refractivity contribution in [3.63, 3.8) is 0 Å². The number of hydrogen-bond acceptors (Lipinski definition) is 6. The second kappa shape index (κ2) is 8.70. The Morgan fingerprint density at radius 1 is 1.32 bits per heavy atom. The van der Waals surface area contributed by atoms with Crippen LogP contribution in [0, 0.1) is 0 Å². The molecule has 0 spiro atoms. The molecule has 2 aromatic heterocycles. The van der Waals surface area contributed by atoms with E-state index in [9.17, 15) is 4.79 Å². The number of nitrogens with one attached hydrogen (secondary N) is 1. The van der Waals surface area contributed by atoms with Crippen LogP contribution in [0.2, 0.25) is 0 Å². The number of imidazole rings is 1. The number of hydrogen-bond donors (Lipinski definition) is 1. The van der Waals surface area contributed by atoms with Gasteiger partial charge in [0.25, 0.3) is 0 Å². The van der Waals surface area contributed by atoms with Crippen LogP contribution in [0.4, 0.5) is 4.79 Å². The maximum atomic E-state index is 12.8. The summed E-state index contributed by atoms with van der Waals surface area (Å²) >= 11 is 0. The maximum Gasteiger partial charge on any atom is 0.411 e. The van der Waals surface area contributed by atoms with Crippen molar-refractivity contribution in [2.45, 2.75) is 44.9 Å². The van der Waals surface area contributed by atoms with Gasteiger partial charge in [0.05, 0.1) is 43.8 Å². The van der Waals surface area contributed by atoms with Crippen LogP contribution in [0.15, 0.2) is 30.7 Å². The summed E-state index contributed by atoms with van der Waals surface area (Å²) in [6.07, 6.45) is 5.44. The fraction of sp³-hybridized carbons (Fsp3) is 0.550. The van der Waals surface area contributed by atoms with Gasteiger partial charge in [-0.3, -0.25) is 9.88 Å². The molecule has 152 valence electrons. The number of methoxy groups -OCH3 is 1. The molecule has 2 aromatic rings. The van der Waals surface area contributed by atoms with Gasteiger partial charge in [-0.1, -0.05) is 0 Å². The zero-order chi connectivity index (χ0) is 20.1. The quantitative estimate of drug-likeness (QED) is 0.765. The standard InChI is InChI=1S/C20H28N4O4/c1-20(2,3)28-19(25)24-13-15(27-9-8-26-4)10-17(24)18-22-12-16(23-18)14-6-5-7-21-11-14/h5-7,11-12,15,17H,8-10,13H2,1-4H3,(H,22,23)/t15-,17+/m1/s1. The molecule has 1 N–H and O–H groups in total. The van der Waals surface area contributed by atoms with Gasteiger partial charge in [-0.05, 0) is 32.9 Å². The van der Waals surface area contributed by atoms with E-state index in [4.69, 9.17) is 14.2 Å². The molecule has 8 nitrogen and oxygen atoms in total. The number of nitrogens with zero attached hydrogens (tertiary/aromatic N) is 3. The largest absolute Gasteiger partial charge is 0.444 e. The highest BCUT2D eigenvalue weighted by atomic mass is 16.6. The van der Waals surface area contributed by atoms with Gasteiger partial charge >= 0.3 is 6.09 Å². The molecular formula is C20H28N4O4. The van der Waals surface area contributed by atoms with Crippen molar-refractivity contribution in [1.82, 2.24) is 19.9 Å². The van der Waals surface area contributed by atoms with Gasteiger partial charge in [-0.15, -0.1) is 0 Å². The highest BCUT2D eigenvalue weighted by Gasteiger charge is 2.40. The van der Waals surface area contributed by atoms with Crippen molar-refractivity contribution < 1.29 is 19.0 Å². The third-order valence-electron chi connectivity index (χ3n) is 4.42. The summed E-state index contributed by atoms with van der Waals surface area (Å²) in [4.78, 5) is 26.4. The van der Waals surface area contributed by atoms with Crippen LogP contribution in [0.3, 0.4) is 0 Å². The fourth-order valence-corrected chi connectivity index (χ4v) is 3.17. The SMILES string of the molecule is COCCO[C@@H]1C[C@@H](c2ncc(-c3cccnc3)[nH]2)N(C(=O)OC(C)(C)C)C1. The van der Waals surface area contributed by atoms with Gasteiger partial charge in [0, 0.05) is 31.5 Å². The molecule has 0 saturated carbocycles. The third-order valence-corrected chi connectivity index (χ3v) is 4.42. The molecule has 1 saturated heterocycles. The highest BCUT2D eigenvalue weighted by Crippen LogP contribution is 2.34. The summed E-state index contributed by atoms with van der Waals surface area (Å²) in [7, 11) is 1.64. The van der Waals surface area contributed by atoms with Crippen LogP contribution in [-0.2, 0) is 14.2 Å². The fourth-order valence-electron chi connectivity index (χ4n) is 3.17. The molecule has 1 amide bonds. The van der Waals surface area contributed by atoms with E-state index in [0.717, 1.165) is 11.3 Å². The van der Waals surface area contributed by atoms with E-state index in [-0.39, 0.29) is 18.2 Å². The molecule has 28 heavy (non-hydrogen) atoms. The predicted molar refractivity (Wildman–Crippen MR) is 104 cm³/mol. The molecule has 1 aliphatic heterocycles. The number of aromatic nitrogens is 3. The van der Waals surface area contributed by atoms with Crippen molar-refractivity contribution >= 4 is 6.09 Å². The van der Waals surface area contributed by atoms with Crippen molar-refractivity contribution in [2.75, 3.05) is 26.9 Å². The van der Waals surface area contributed by atoms with Crippen LogP contribution in [0.1, 0.15) is 39.1 Å². The lowest BCUT2D eigenvalue weighted by Crippen LogP contribution is -2.37. The van der Waals surface area contributed by atoms with Crippen LogP contribution in [0.25, 0.3) is 11.3 Å². The molecular weight excluding hydrogens is 360 g/mol. The number of likely N-dealkylation sites (tertiary alicyclic amines) is 1. The number of carbonyl (C=O) groups is 1. The number of aromatic amines is 1. The van der Waals surface area contributed by atoms with E-state index in [0.29, 0.717) is 32.0 Å². The lowest BCUT2D eigenvalue weighted by atomic mass is 10.2. The van der Waals surface area contributed by atoms with Gasteiger partial charge in [0.15, 0.2) is 0 Å². The lowest BCUT2D eigenvalue weighted by molar-refractivity contribution is 0.00894. The first-order valence-electron chi connectivity index (χ1n) is 9.43. The molecule has 0 radical (unpaired) electrons. The topological polar surface area (TPSA) is 89.6 Å². The Morgan fingerprint density at radius 2 is 2.14 bits per heavy atom. The van der Waals surface area contributed by atoms with Crippen LogP contribution >= 0.6 is 0 Å². The van der Waals surface area contributed by atoms with E-state index >= 15 is 0 Å². The Labute approximate surface area is 165 Å². The van der Waals surface area contributed by atoms with Gasteiger partial charge in [0.1, 0.15) is 11.4 Å². The molecule has 1 fully saturated rings. The molecule has 3 heterocycles. The van der Waals surface area contributed by atoms with Crippen molar-refractivity contribution in [2.24, 2.45) is 0 Å². The van der Waals surface area contributed by atoms with Crippen molar-refractivity contribution in [3.05, 3.63) is 36.5 Å². The predicted octanol–water partition coefficient (Wildman–Crippen LogP) is 3.19. The Bertz CT molecular complexity index is 772. The minimum absolute atomic E-state index is 0.0976. The van der Waals surface area contributed by atoms with Gasteiger partial charge in [0.2, 0.25) is 0 Å². The molecule has 0 bridgehead atoms. The molecule has 0 aliphatic carbocycles. The Hall–Kier alpha value is -2.45. The number of amides is 1. The normalized spacial score (nSPS) is 19.8. The number of rotatable bonds is 6. The van der Waals surface area contributed by atoms with Crippen molar-refractivity contribution in [3.8, 4) is 11.3 Å². The second-order valence-corrected chi connectivity index (χ2v) is 7.79. The summed E-state index contributed by atoms with van der Waals surface area (Å²) in [6, 6.07) is 3.59. The smallest absolute Gasteiger partial charge is 0.411 e. The summed E-state index contributed by atoms with van der Waals surface area (Å²) < 4.78 is 16.5. The maximum absolute atomic E-state index is 12.8. The second-order valence-electron chi connectivity index (χ2n) is 7.79. The van der Waals surface area contributed by atoms with E-state index in [1.807, 2.05) is 32.9 Å². The Kier molecular flexibility index (Phi) is 6.31. The van der Waals surface area contributed by atoms with Gasteiger partial charge in [-0.25, -0.2) is 9.78 Å². The molecule has 0 aromatic carbocycles. The minimum Gasteiger partial charge on any atom is -0.444 e. The van der Waals surface area contributed by atoms with Crippen LogP contribution in [-0.4, -0.2) is 64.5 Å². The zero-order valence-corrected chi connectivity index (χ0v) is 16.8. The number of ether oxygens (including phenoxy) is 3. The lowest BCUT2D eigenvalue weighted by Gasteiger charge is -2.27. The molecule has 0 unspecified atom stereocenters. The van der Waals surface area contributed by atoms with Gasteiger partial charge in [-0.2, -0.15) is 0 Å². The average molecular weight is 388 g/mol. The monoisotopic (exact) mass is 388 g/mol. The first-order valence-corrected chi connectivity index (χ1v) is 9.43.